The van der Waals surface area contributed by atoms with Crippen LogP contribution in [-0.2, 0) is 11.2 Å². The topological polar surface area (TPSA) is 61.9 Å². The van der Waals surface area contributed by atoms with E-state index in [0.717, 1.165) is 12.0 Å². The molecular formula is C24H32ClN3O3S. The average molecular weight is 478 g/mol. The number of ether oxygens (including phenoxy) is 1. The first-order valence-corrected chi connectivity index (χ1v) is 12.3. The highest BCUT2D eigenvalue weighted by Crippen LogP contribution is 2.34. The fraction of sp³-hybridized carbons (Fsp3) is 0.500. The van der Waals surface area contributed by atoms with Gasteiger partial charge in [0.25, 0.3) is 0 Å². The molecule has 1 aliphatic heterocycles. The van der Waals surface area contributed by atoms with Crippen LogP contribution in [0.4, 0.5) is 4.79 Å². The molecule has 2 heterocycles. The van der Waals surface area contributed by atoms with Gasteiger partial charge in [0.2, 0.25) is 5.91 Å². The molecule has 0 fully saturated rings. The summed E-state index contributed by atoms with van der Waals surface area (Å²) in [5, 5.41) is 5.63. The minimum Gasteiger partial charge on any atom is -0.491 e. The number of nitrogens with zero attached hydrogens (tertiary/aromatic N) is 2. The van der Waals surface area contributed by atoms with Crippen LogP contribution in [-0.4, -0.2) is 54.0 Å². The highest BCUT2D eigenvalue weighted by atomic mass is 35.5. The average Bonchev–Trinajstić information content (AvgIpc) is 3.20. The Labute approximate surface area is 199 Å². The lowest BCUT2D eigenvalue weighted by Crippen LogP contribution is -2.51. The molecule has 1 aromatic carbocycles. The Kier molecular flexibility index (Phi) is 8.43. The Balaban J connectivity index is 1.75. The zero-order valence-corrected chi connectivity index (χ0v) is 20.7. The number of hydrogen-bond acceptors (Lipinski definition) is 4. The van der Waals surface area contributed by atoms with Crippen molar-refractivity contribution >= 4 is 34.9 Å². The van der Waals surface area contributed by atoms with E-state index in [2.05, 4.69) is 16.8 Å². The van der Waals surface area contributed by atoms with Crippen LogP contribution in [0.25, 0.3) is 0 Å². The van der Waals surface area contributed by atoms with Gasteiger partial charge < -0.3 is 19.9 Å². The monoisotopic (exact) mass is 477 g/mol. The lowest BCUT2D eigenvalue weighted by molar-refractivity contribution is -0.135. The van der Waals surface area contributed by atoms with E-state index in [-0.39, 0.29) is 36.5 Å². The predicted molar refractivity (Wildman–Crippen MR) is 130 cm³/mol. The molecule has 0 spiro atoms. The van der Waals surface area contributed by atoms with E-state index in [1.54, 1.807) is 28.4 Å². The maximum Gasteiger partial charge on any atom is 0.318 e. The summed E-state index contributed by atoms with van der Waals surface area (Å²) < 4.78 is 6.04. The van der Waals surface area contributed by atoms with E-state index < -0.39 is 0 Å². The Morgan fingerprint density at radius 3 is 2.59 bits per heavy atom. The molecule has 0 radical (unpaired) electrons. The van der Waals surface area contributed by atoms with Crippen LogP contribution in [0.3, 0.4) is 0 Å². The molecule has 0 bridgehead atoms. The number of carbonyl (C=O) groups excluding carboxylic acids is 2. The maximum absolute atomic E-state index is 13.4. The summed E-state index contributed by atoms with van der Waals surface area (Å²) >= 11 is 7.69. The molecule has 0 unspecified atom stereocenters. The van der Waals surface area contributed by atoms with E-state index in [9.17, 15) is 9.59 Å². The Morgan fingerprint density at radius 2 is 1.94 bits per heavy atom. The molecule has 1 aromatic heterocycles. The standard InChI is InChI=1S/C24H32ClN3O3S/c1-16(2)13-27(24(30)26-17(3)4)14-23(29)28-11-9-22-20(10-12-32-22)21(28)15-31-19-7-5-18(25)6-8-19/h5-8,10,12,16-17,21H,9,11,13-15H2,1-4H3,(H,26,30)/t21-/m0/s1. The number of halogens is 1. The summed E-state index contributed by atoms with van der Waals surface area (Å²) in [4.78, 5) is 30.9. The molecule has 6 nitrogen and oxygen atoms in total. The van der Waals surface area contributed by atoms with Crippen LogP contribution >= 0.6 is 22.9 Å². The molecule has 1 aliphatic rings. The summed E-state index contributed by atoms with van der Waals surface area (Å²) in [6, 6.07) is 8.91. The number of benzene rings is 1. The van der Waals surface area contributed by atoms with Crippen molar-refractivity contribution < 1.29 is 14.3 Å². The first-order chi connectivity index (χ1) is 15.2. The molecule has 2 aromatic rings. The third-order valence-corrected chi connectivity index (χ3v) is 6.50. The van der Waals surface area contributed by atoms with Gasteiger partial charge in [0.1, 0.15) is 18.9 Å². The predicted octanol–water partition coefficient (Wildman–Crippen LogP) is 4.98. The minimum atomic E-state index is -0.204. The van der Waals surface area contributed by atoms with Gasteiger partial charge in [-0.15, -0.1) is 11.3 Å². The van der Waals surface area contributed by atoms with E-state index in [1.807, 2.05) is 44.7 Å². The lowest BCUT2D eigenvalue weighted by atomic mass is 10.0. The van der Waals surface area contributed by atoms with Crippen LogP contribution in [0.5, 0.6) is 5.75 Å². The van der Waals surface area contributed by atoms with Gasteiger partial charge in [-0.2, -0.15) is 0 Å². The van der Waals surface area contributed by atoms with Crippen molar-refractivity contribution in [1.82, 2.24) is 15.1 Å². The number of thiophene rings is 1. The molecule has 0 saturated heterocycles. The van der Waals surface area contributed by atoms with Crippen molar-refractivity contribution in [3.05, 3.63) is 51.2 Å². The van der Waals surface area contributed by atoms with Gasteiger partial charge in [0.15, 0.2) is 0 Å². The van der Waals surface area contributed by atoms with Crippen LogP contribution in [0, 0.1) is 5.92 Å². The molecule has 8 heteroatoms. The summed E-state index contributed by atoms with van der Waals surface area (Å²) in [7, 11) is 0. The van der Waals surface area contributed by atoms with Crippen molar-refractivity contribution in [3.8, 4) is 5.75 Å². The van der Waals surface area contributed by atoms with Gasteiger partial charge in [-0.3, -0.25) is 4.79 Å². The first kappa shape index (κ1) is 24.4. The van der Waals surface area contributed by atoms with Crippen LogP contribution in [0.15, 0.2) is 35.7 Å². The first-order valence-electron chi connectivity index (χ1n) is 11.0. The maximum atomic E-state index is 13.4. The normalized spacial score (nSPS) is 15.6. The number of hydrogen-bond donors (Lipinski definition) is 1. The molecule has 1 atom stereocenters. The smallest absolute Gasteiger partial charge is 0.318 e. The highest BCUT2D eigenvalue weighted by Gasteiger charge is 2.33. The molecule has 0 saturated carbocycles. The molecule has 3 rings (SSSR count). The summed E-state index contributed by atoms with van der Waals surface area (Å²) in [6.07, 6.45) is 0.818. The molecular weight excluding hydrogens is 446 g/mol. The molecule has 0 aliphatic carbocycles. The number of nitrogens with one attached hydrogen (secondary N) is 1. The fourth-order valence-corrected chi connectivity index (χ4v) is 4.89. The van der Waals surface area contributed by atoms with Crippen LogP contribution in [0.2, 0.25) is 5.02 Å². The Bertz CT molecular complexity index is 913. The van der Waals surface area contributed by atoms with E-state index in [0.29, 0.717) is 30.5 Å². The van der Waals surface area contributed by atoms with Gasteiger partial charge in [-0.25, -0.2) is 4.79 Å². The molecule has 1 N–H and O–H groups in total. The Morgan fingerprint density at radius 1 is 1.22 bits per heavy atom. The van der Waals surface area contributed by atoms with Crippen molar-refractivity contribution in [2.75, 3.05) is 26.2 Å². The number of amides is 3. The van der Waals surface area contributed by atoms with Gasteiger partial charge in [-0.05, 0) is 67.5 Å². The zero-order chi connectivity index (χ0) is 23.3. The van der Waals surface area contributed by atoms with E-state index in [1.165, 1.54) is 4.88 Å². The largest absolute Gasteiger partial charge is 0.491 e. The fourth-order valence-electron chi connectivity index (χ4n) is 3.83. The second kappa shape index (κ2) is 11.1. The van der Waals surface area contributed by atoms with Crippen molar-refractivity contribution in [2.24, 2.45) is 5.92 Å². The van der Waals surface area contributed by atoms with Crippen molar-refractivity contribution in [2.45, 2.75) is 46.2 Å². The summed E-state index contributed by atoms with van der Waals surface area (Å²) in [5.74, 6) is 0.905. The van der Waals surface area contributed by atoms with E-state index >= 15 is 0 Å². The molecule has 3 amide bonds. The van der Waals surface area contributed by atoms with Crippen LogP contribution < -0.4 is 10.1 Å². The lowest BCUT2D eigenvalue weighted by Gasteiger charge is -2.37. The third kappa shape index (κ3) is 6.39. The second-order valence-electron chi connectivity index (χ2n) is 8.80. The number of fused-ring (bicyclic) bond motifs is 1. The number of urea groups is 1. The zero-order valence-electron chi connectivity index (χ0n) is 19.1. The minimum absolute atomic E-state index is 0.0103. The summed E-state index contributed by atoms with van der Waals surface area (Å²) in [5.41, 5.74) is 1.13. The van der Waals surface area contributed by atoms with Gasteiger partial charge in [0, 0.05) is 29.0 Å². The van der Waals surface area contributed by atoms with E-state index in [4.69, 9.17) is 16.3 Å². The molecule has 32 heavy (non-hydrogen) atoms. The number of carbonyl (C=O) groups is 2. The number of rotatable bonds is 8. The van der Waals surface area contributed by atoms with Crippen molar-refractivity contribution in [3.63, 3.8) is 0 Å². The van der Waals surface area contributed by atoms with Gasteiger partial charge >= 0.3 is 6.03 Å². The highest BCUT2D eigenvalue weighted by molar-refractivity contribution is 7.10. The molecule has 174 valence electrons. The van der Waals surface area contributed by atoms with Crippen molar-refractivity contribution in [1.29, 1.82) is 0 Å². The quantitative estimate of drug-likeness (QED) is 0.583. The van der Waals surface area contributed by atoms with Gasteiger partial charge in [-0.1, -0.05) is 25.4 Å². The van der Waals surface area contributed by atoms with Crippen LogP contribution in [0.1, 0.15) is 44.2 Å². The SMILES string of the molecule is CC(C)CN(CC(=O)N1CCc2sccc2[C@@H]1COc1ccc(Cl)cc1)C(=O)NC(C)C. The summed E-state index contributed by atoms with van der Waals surface area (Å²) in [6.45, 7) is 9.45. The Hall–Kier alpha value is -2.25. The van der Waals surface area contributed by atoms with Gasteiger partial charge in [0.05, 0.1) is 6.04 Å². The third-order valence-electron chi connectivity index (χ3n) is 5.25. The second-order valence-corrected chi connectivity index (χ2v) is 10.2.